The summed E-state index contributed by atoms with van der Waals surface area (Å²) in [5.41, 5.74) is 0. The average Bonchev–Trinajstić information content (AvgIpc) is 2.09. The number of halogens is 2. The summed E-state index contributed by atoms with van der Waals surface area (Å²) in [7, 11) is -2.37. The van der Waals surface area contributed by atoms with E-state index in [4.69, 9.17) is 0 Å². The van der Waals surface area contributed by atoms with E-state index in [0.717, 1.165) is 0 Å². The summed E-state index contributed by atoms with van der Waals surface area (Å²) in [5.74, 6) is 0. The van der Waals surface area contributed by atoms with Crippen molar-refractivity contribution in [3.63, 3.8) is 0 Å². The van der Waals surface area contributed by atoms with Crippen molar-refractivity contribution in [2.24, 2.45) is 0 Å². The van der Waals surface area contributed by atoms with Crippen LogP contribution >= 0.6 is 31.9 Å². The van der Waals surface area contributed by atoms with Gasteiger partial charge < -0.3 is 0 Å². The third-order valence-corrected chi connectivity index (χ3v) is 4.13. The highest BCUT2D eigenvalue weighted by atomic mass is 79.9. The molecular weight excluding hydrogens is 338 g/mol. The minimum atomic E-state index is -3.61. The topological polar surface area (TPSA) is 55.4 Å². The first kappa shape index (κ1) is 12.1. The van der Waals surface area contributed by atoms with Crippen molar-refractivity contribution >= 4 is 41.9 Å². The van der Waals surface area contributed by atoms with Crippen LogP contribution in [0, 0.1) is 0 Å². The third kappa shape index (κ3) is 2.77. The summed E-state index contributed by atoms with van der Waals surface area (Å²) in [5, 5.41) is 0. The molecule has 1 N–H and O–H groups in total. The standard InChI is InChI=1S/C7H7Br2NO3S/c1-13-10-14(11,12)7-4-5(8)2-3-6(7)9/h2-4,10H,1H3. The van der Waals surface area contributed by atoms with Crippen LogP contribution in [0.3, 0.4) is 0 Å². The van der Waals surface area contributed by atoms with Crippen LogP contribution in [-0.4, -0.2) is 15.5 Å². The molecule has 0 heterocycles. The van der Waals surface area contributed by atoms with Crippen LogP contribution in [0.5, 0.6) is 0 Å². The van der Waals surface area contributed by atoms with Gasteiger partial charge in [0.2, 0.25) is 0 Å². The van der Waals surface area contributed by atoms with Gasteiger partial charge in [0.05, 0.1) is 12.0 Å². The van der Waals surface area contributed by atoms with Gasteiger partial charge in [0.15, 0.2) is 0 Å². The molecule has 7 heteroatoms. The first-order chi connectivity index (χ1) is 6.47. The van der Waals surface area contributed by atoms with Gasteiger partial charge in [-0.2, -0.15) is 0 Å². The minimum Gasteiger partial charge on any atom is -0.290 e. The largest absolute Gasteiger partial charge is 0.290 e. The van der Waals surface area contributed by atoms with Crippen molar-refractivity contribution < 1.29 is 13.3 Å². The van der Waals surface area contributed by atoms with Gasteiger partial charge in [0.1, 0.15) is 0 Å². The summed E-state index contributed by atoms with van der Waals surface area (Å²) in [6.45, 7) is 0. The molecule has 0 fully saturated rings. The van der Waals surface area contributed by atoms with Crippen molar-refractivity contribution in [1.29, 1.82) is 0 Å². The molecule has 1 aromatic rings. The lowest BCUT2D eigenvalue weighted by molar-refractivity contribution is 0.153. The highest BCUT2D eigenvalue weighted by Gasteiger charge is 2.17. The second-order valence-electron chi connectivity index (χ2n) is 2.37. The van der Waals surface area contributed by atoms with E-state index >= 15 is 0 Å². The predicted octanol–water partition coefficient (Wildman–Crippen LogP) is 2.05. The zero-order valence-corrected chi connectivity index (χ0v) is 11.1. The second-order valence-corrected chi connectivity index (χ2v) is 5.75. The van der Waals surface area contributed by atoms with Crippen LogP contribution < -0.4 is 4.89 Å². The molecule has 1 aromatic carbocycles. The Kier molecular flexibility index (Phi) is 4.08. The number of hydrogen-bond donors (Lipinski definition) is 1. The Balaban J connectivity index is 3.25. The normalized spacial score (nSPS) is 11.6. The molecule has 0 saturated heterocycles. The Morgan fingerprint density at radius 3 is 2.57 bits per heavy atom. The lowest BCUT2D eigenvalue weighted by Gasteiger charge is -2.06. The highest BCUT2D eigenvalue weighted by Crippen LogP contribution is 2.25. The van der Waals surface area contributed by atoms with Crippen molar-refractivity contribution in [1.82, 2.24) is 4.89 Å². The van der Waals surface area contributed by atoms with E-state index in [-0.39, 0.29) is 4.90 Å². The van der Waals surface area contributed by atoms with Crippen molar-refractivity contribution in [3.05, 3.63) is 27.1 Å². The molecule has 0 saturated carbocycles. The molecule has 0 atom stereocenters. The summed E-state index contributed by atoms with van der Waals surface area (Å²) in [4.78, 5) is 6.43. The average molecular weight is 345 g/mol. The van der Waals surface area contributed by atoms with Gasteiger partial charge in [0.25, 0.3) is 10.0 Å². The number of rotatable bonds is 3. The van der Waals surface area contributed by atoms with Gasteiger partial charge in [-0.3, -0.25) is 4.84 Å². The summed E-state index contributed by atoms with van der Waals surface area (Å²) in [6.07, 6.45) is 0. The van der Waals surface area contributed by atoms with E-state index in [1.807, 2.05) is 4.89 Å². The maximum absolute atomic E-state index is 11.5. The number of sulfonamides is 1. The van der Waals surface area contributed by atoms with Crippen molar-refractivity contribution in [3.8, 4) is 0 Å². The molecule has 0 aliphatic rings. The van der Waals surface area contributed by atoms with Gasteiger partial charge in [-0.25, -0.2) is 8.42 Å². The van der Waals surface area contributed by atoms with Crippen LogP contribution in [0.4, 0.5) is 0 Å². The predicted molar refractivity (Wildman–Crippen MR) is 59.2 cm³/mol. The summed E-state index contributed by atoms with van der Waals surface area (Å²) < 4.78 is 24.2. The van der Waals surface area contributed by atoms with E-state index < -0.39 is 10.0 Å². The van der Waals surface area contributed by atoms with Gasteiger partial charge in [0, 0.05) is 8.95 Å². The van der Waals surface area contributed by atoms with Crippen LogP contribution in [0.15, 0.2) is 32.0 Å². The molecule has 78 valence electrons. The fourth-order valence-corrected chi connectivity index (χ4v) is 3.15. The number of hydrogen-bond acceptors (Lipinski definition) is 3. The fraction of sp³-hybridized carbons (Fsp3) is 0.143. The first-order valence-electron chi connectivity index (χ1n) is 3.47. The van der Waals surface area contributed by atoms with Gasteiger partial charge in [-0.1, -0.05) is 20.8 Å². The Morgan fingerprint density at radius 2 is 2.00 bits per heavy atom. The van der Waals surface area contributed by atoms with E-state index in [1.54, 1.807) is 12.1 Å². The Hall–Kier alpha value is 0.0500. The minimum absolute atomic E-state index is 0.119. The van der Waals surface area contributed by atoms with Crippen LogP contribution in [-0.2, 0) is 14.9 Å². The quantitative estimate of drug-likeness (QED) is 0.854. The molecule has 14 heavy (non-hydrogen) atoms. The van der Waals surface area contributed by atoms with Crippen molar-refractivity contribution in [2.75, 3.05) is 7.11 Å². The van der Waals surface area contributed by atoms with E-state index in [2.05, 4.69) is 36.7 Å². The summed E-state index contributed by atoms with van der Waals surface area (Å²) in [6, 6.07) is 4.84. The number of benzene rings is 1. The SMILES string of the molecule is CONS(=O)(=O)c1cc(Br)ccc1Br. The maximum atomic E-state index is 11.5. The highest BCUT2D eigenvalue weighted by molar-refractivity contribution is 9.11. The smallest absolute Gasteiger partial charge is 0.263 e. The van der Waals surface area contributed by atoms with E-state index in [0.29, 0.717) is 8.95 Å². The van der Waals surface area contributed by atoms with Gasteiger partial charge >= 0.3 is 0 Å². The molecule has 0 amide bonds. The van der Waals surface area contributed by atoms with E-state index in [9.17, 15) is 8.42 Å². The van der Waals surface area contributed by atoms with Crippen LogP contribution in [0.1, 0.15) is 0 Å². The fourth-order valence-electron chi connectivity index (χ4n) is 0.838. The van der Waals surface area contributed by atoms with Gasteiger partial charge in [-0.05, 0) is 34.1 Å². The maximum Gasteiger partial charge on any atom is 0.263 e. The Morgan fingerprint density at radius 1 is 1.36 bits per heavy atom. The zero-order valence-electron chi connectivity index (χ0n) is 7.12. The van der Waals surface area contributed by atoms with Crippen LogP contribution in [0.25, 0.3) is 0 Å². The number of nitrogens with one attached hydrogen (secondary N) is 1. The second kappa shape index (κ2) is 4.71. The molecule has 0 unspecified atom stereocenters. The lowest BCUT2D eigenvalue weighted by Crippen LogP contribution is -2.22. The molecule has 0 bridgehead atoms. The monoisotopic (exact) mass is 343 g/mol. The summed E-state index contributed by atoms with van der Waals surface area (Å²) >= 11 is 6.33. The Labute approximate surface area is 98.9 Å². The molecule has 1 rings (SSSR count). The molecule has 0 aliphatic heterocycles. The molecule has 4 nitrogen and oxygen atoms in total. The Bertz CT molecular complexity index is 433. The molecular formula is C7H7Br2NO3S. The molecule has 0 aliphatic carbocycles. The first-order valence-corrected chi connectivity index (χ1v) is 6.54. The molecule has 0 aromatic heterocycles. The van der Waals surface area contributed by atoms with Crippen molar-refractivity contribution in [2.45, 2.75) is 4.90 Å². The van der Waals surface area contributed by atoms with Gasteiger partial charge in [-0.15, -0.1) is 0 Å². The third-order valence-electron chi connectivity index (χ3n) is 1.38. The van der Waals surface area contributed by atoms with E-state index in [1.165, 1.54) is 13.2 Å². The zero-order chi connectivity index (χ0) is 10.8. The molecule has 0 radical (unpaired) electrons. The molecule has 0 spiro atoms. The van der Waals surface area contributed by atoms with Crippen LogP contribution in [0.2, 0.25) is 0 Å². The lowest BCUT2D eigenvalue weighted by atomic mass is 10.4.